The van der Waals surface area contributed by atoms with Crippen LogP contribution in [0.2, 0.25) is 0 Å². The SMILES string of the molecule is CCc1cc(=O)[nH]c(N2CCN(c3ccccn3)CC2)n1. The van der Waals surface area contributed by atoms with Crippen LogP contribution in [0.4, 0.5) is 11.8 Å². The van der Waals surface area contributed by atoms with Crippen LogP contribution >= 0.6 is 0 Å². The summed E-state index contributed by atoms with van der Waals surface area (Å²) < 4.78 is 0. The highest BCUT2D eigenvalue weighted by molar-refractivity contribution is 5.41. The third kappa shape index (κ3) is 3.04. The number of aromatic amines is 1. The lowest BCUT2D eigenvalue weighted by Crippen LogP contribution is -2.47. The van der Waals surface area contributed by atoms with Crippen molar-refractivity contribution in [3.8, 4) is 0 Å². The van der Waals surface area contributed by atoms with E-state index in [0.29, 0.717) is 5.95 Å². The van der Waals surface area contributed by atoms with E-state index in [1.807, 2.05) is 31.3 Å². The molecule has 0 radical (unpaired) electrons. The van der Waals surface area contributed by atoms with Crippen LogP contribution in [-0.4, -0.2) is 41.1 Å². The van der Waals surface area contributed by atoms with Gasteiger partial charge in [-0.1, -0.05) is 13.0 Å². The van der Waals surface area contributed by atoms with E-state index >= 15 is 0 Å². The quantitative estimate of drug-likeness (QED) is 0.913. The fraction of sp³-hybridized carbons (Fsp3) is 0.400. The van der Waals surface area contributed by atoms with Crippen molar-refractivity contribution in [3.05, 3.63) is 46.5 Å². The minimum atomic E-state index is -0.0796. The number of H-pyrrole nitrogens is 1. The van der Waals surface area contributed by atoms with Gasteiger partial charge in [0, 0.05) is 44.1 Å². The predicted octanol–water partition coefficient (Wildman–Crippen LogP) is 1.05. The lowest BCUT2D eigenvalue weighted by atomic mass is 10.3. The average molecular weight is 285 g/mol. The van der Waals surface area contributed by atoms with Crippen LogP contribution in [0, 0.1) is 0 Å². The van der Waals surface area contributed by atoms with Gasteiger partial charge in [0.15, 0.2) is 0 Å². The first kappa shape index (κ1) is 13.6. The zero-order valence-corrected chi connectivity index (χ0v) is 12.1. The van der Waals surface area contributed by atoms with Crippen molar-refractivity contribution in [1.82, 2.24) is 15.0 Å². The fourth-order valence-corrected chi connectivity index (χ4v) is 2.51. The Bertz CT molecular complexity index is 647. The molecule has 0 unspecified atom stereocenters. The van der Waals surface area contributed by atoms with Crippen LogP contribution in [0.5, 0.6) is 0 Å². The molecular weight excluding hydrogens is 266 g/mol. The Balaban J connectivity index is 1.71. The zero-order valence-electron chi connectivity index (χ0n) is 12.1. The number of nitrogens with zero attached hydrogens (tertiary/aromatic N) is 4. The summed E-state index contributed by atoms with van der Waals surface area (Å²) in [5.41, 5.74) is 0.755. The molecule has 3 heterocycles. The van der Waals surface area contributed by atoms with Gasteiger partial charge in [0.05, 0.1) is 0 Å². The highest BCUT2D eigenvalue weighted by Gasteiger charge is 2.19. The Morgan fingerprint density at radius 3 is 2.62 bits per heavy atom. The van der Waals surface area contributed by atoms with Gasteiger partial charge in [-0.15, -0.1) is 0 Å². The molecule has 21 heavy (non-hydrogen) atoms. The highest BCUT2D eigenvalue weighted by Crippen LogP contribution is 2.15. The summed E-state index contributed by atoms with van der Waals surface area (Å²) >= 11 is 0. The van der Waals surface area contributed by atoms with Crippen molar-refractivity contribution in [2.75, 3.05) is 36.0 Å². The Labute approximate surface area is 123 Å². The van der Waals surface area contributed by atoms with Gasteiger partial charge in [0.1, 0.15) is 5.82 Å². The van der Waals surface area contributed by atoms with Crippen molar-refractivity contribution >= 4 is 11.8 Å². The molecule has 2 aromatic heterocycles. The van der Waals surface area contributed by atoms with Gasteiger partial charge in [-0.3, -0.25) is 9.78 Å². The van der Waals surface area contributed by atoms with Crippen LogP contribution in [0.15, 0.2) is 35.3 Å². The molecule has 1 fully saturated rings. The summed E-state index contributed by atoms with van der Waals surface area (Å²) in [6.07, 6.45) is 2.58. The number of nitrogens with one attached hydrogen (secondary N) is 1. The van der Waals surface area contributed by atoms with Crippen molar-refractivity contribution < 1.29 is 0 Å². The number of hydrogen-bond donors (Lipinski definition) is 1. The molecule has 1 aliphatic heterocycles. The summed E-state index contributed by atoms with van der Waals surface area (Å²) in [4.78, 5) is 27.7. The zero-order chi connectivity index (χ0) is 14.7. The lowest BCUT2D eigenvalue weighted by Gasteiger charge is -2.35. The predicted molar refractivity (Wildman–Crippen MR) is 82.9 cm³/mol. The van der Waals surface area contributed by atoms with Gasteiger partial charge in [-0.2, -0.15) is 0 Å². The standard InChI is InChI=1S/C15H19N5O/c1-2-12-11-14(21)18-15(17-12)20-9-7-19(8-10-20)13-5-3-4-6-16-13/h3-6,11H,2,7-10H2,1H3,(H,17,18,21). The van der Waals surface area contributed by atoms with Gasteiger partial charge in [0.2, 0.25) is 5.95 Å². The van der Waals surface area contributed by atoms with Crippen LogP contribution in [-0.2, 0) is 6.42 Å². The number of anilines is 2. The largest absolute Gasteiger partial charge is 0.353 e. The summed E-state index contributed by atoms with van der Waals surface area (Å²) in [5, 5.41) is 0. The second-order valence-electron chi connectivity index (χ2n) is 5.08. The van der Waals surface area contributed by atoms with Crippen LogP contribution in [0.3, 0.4) is 0 Å². The summed E-state index contributed by atoms with van der Waals surface area (Å²) in [6, 6.07) is 7.50. The first-order valence-corrected chi connectivity index (χ1v) is 7.27. The van der Waals surface area contributed by atoms with Crippen LogP contribution in [0.1, 0.15) is 12.6 Å². The minimum absolute atomic E-state index is 0.0796. The smallest absolute Gasteiger partial charge is 0.252 e. The number of hydrogen-bond acceptors (Lipinski definition) is 5. The molecule has 0 amide bonds. The number of aromatic nitrogens is 3. The van der Waals surface area contributed by atoms with Crippen molar-refractivity contribution in [2.45, 2.75) is 13.3 Å². The Morgan fingerprint density at radius 2 is 1.95 bits per heavy atom. The third-order valence-corrected chi connectivity index (χ3v) is 3.70. The van der Waals surface area contributed by atoms with E-state index in [2.05, 4.69) is 24.8 Å². The molecular formula is C15H19N5O. The normalized spacial score (nSPS) is 15.3. The van der Waals surface area contributed by atoms with E-state index in [1.165, 1.54) is 0 Å². The lowest BCUT2D eigenvalue weighted by molar-refractivity contribution is 0.632. The molecule has 0 aromatic carbocycles. The molecule has 0 saturated carbocycles. The van der Waals surface area contributed by atoms with Crippen molar-refractivity contribution in [2.24, 2.45) is 0 Å². The van der Waals surface area contributed by atoms with E-state index in [0.717, 1.165) is 44.1 Å². The third-order valence-electron chi connectivity index (χ3n) is 3.70. The fourth-order valence-electron chi connectivity index (χ4n) is 2.51. The summed E-state index contributed by atoms with van der Waals surface area (Å²) in [6.45, 7) is 5.40. The molecule has 0 bridgehead atoms. The number of piperazine rings is 1. The van der Waals surface area contributed by atoms with Gasteiger partial charge in [-0.05, 0) is 18.6 Å². The molecule has 0 atom stereocenters. The summed E-state index contributed by atoms with van der Waals surface area (Å²) in [7, 11) is 0. The Morgan fingerprint density at radius 1 is 1.19 bits per heavy atom. The van der Waals surface area contributed by atoms with E-state index < -0.39 is 0 Å². The maximum absolute atomic E-state index is 11.7. The molecule has 0 aliphatic carbocycles. The number of aryl methyl sites for hydroxylation is 1. The average Bonchev–Trinajstić information content (AvgIpc) is 2.55. The second-order valence-corrected chi connectivity index (χ2v) is 5.08. The Kier molecular flexibility index (Phi) is 3.85. The first-order valence-electron chi connectivity index (χ1n) is 7.27. The van der Waals surface area contributed by atoms with Gasteiger partial charge < -0.3 is 9.80 Å². The molecule has 6 heteroatoms. The summed E-state index contributed by atoms with van der Waals surface area (Å²) in [5.74, 6) is 1.68. The molecule has 0 spiro atoms. The van der Waals surface area contributed by atoms with Crippen molar-refractivity contribution in [3.63, 3.8) is 0 Å². The van der Waals surface area contributed by atoms with E-state index in [1.54, 1.807) is 6.07 Å². The van der Waals surface area contributed by atoms with Gasteiger partial charge in [0.25, 0.3) is 5.56 Å². The molecule has 1 aliphatic rings. The number of rotatable bonds is 3. The van der Waals surface area contributed by atoms with Gasteiger partial charge in [-0.25, -0.2) is 9.97 Å². The maximum atomic E-state index is 11.7. The number of pyridine rings is 1. The van der Waals surface area contributed by atoms with Gasteiger partial charge >= 0.3 is 0 Å². The topological polar surface area (TPSA) is 65.1 Å². The maximum Gasteiger partial charge on any atom is 0.252 e. The first-order chi connectivity index (χ1) is 10.3. The molecule has 110 valence electrons. The van der Waals surface area contributed by atoms with E-state index in [4.69, 9.17) is 0 Å². The highest BCUT2D eigenvalue weighted by atomic mass is 16.1. The Hall–Kier alpha value is -2.37. The van der Waals surface area contributed by atoms with Crippen LogP contribution < -0.4 is 15.4 Å². The minimum Gasteiger partial charge on any atom is -0.353 e. The molecule has 3 rings (SSSR count). The molecule has 2 aromatic rings. The molecule has 1 N–H and O–H groups in total. The van der Waals surface area contributed by atoms with Crippen LogP contribution in [0.25, 0.3) is 0 Å². The second kappa shape index (κ2) is 5.95. The monoisotopic (exact) mass is 285 g/mol. The van der Waals surface area contributed by atoms with Crippen molar-refractivity contribution in [1.29, 1.82) is 0 Å². The molecule has 1 saturated heterocycles. The van der Waals surface area contributed by atoms with E-state index in [9.17, 15) is 4.79 Å². The van der Waals surface area contributed by atoms with E-state index in [-0.39, 0.29) is 5.56 Å². The molecule has 6 nitrogen and oxygen atoms in total.